The Kier molecular flexibility index (Phi) is 4.96. The second-order valence-electron chi connectivity index (χ2n) is 6.38. The molecule has 1 unspecified atom stereocenters. The fourth-order valence-electron chi connectivity index (χ4n) is 3.14. The molecule has 0 aromatic heterocycles. The second-order valence-corrected chi connectivity index (χ2v) is 6.38. The molecule has 1 heterocycles. The maximum absolute atomic E-state index is 10.2. The summed E-state index contributed by atoms with van der Waals surface area (Å²) in [5, 5.41) is 28.6. The third-order valence-corrected chi connectivity index (χ3v) is 4.59. The Morgan fingerprint density at radius 2 is 1.86 bits per heavy atom. The van der Waals surface area contributed by atoms with E-state index in [-0.39, 0.29) is 28.8 Å². The van der Waals surface area contributed by atoms with E-state index in [0.29, 0.717) is 22.4 Å². The number of nitrogens with two attached hydrogens (primary N) is 2. The number of hydrogen-bond acceptors (Lipinski definition) is 7. The fraction of sp³-hybridized carbons (Fsp3) is 0.143. The maximum atomic E-state index is 10.2. The van der Waals surface area contributed by atoms with Gasteiger partial charge in [0.2, 0.25) is 5.88 Å². The van der Waals surface area contributed by atoms with Gasteiger partial charge in [-0.25, -0.2) is 0 Å². The summed E-state index contributed by atoms with van der Waals surface area (Å²) in [6.07, 6.45) is 0. The van der Waals surface area contributed by atoms with Crippen molar-refractivity contribution in [2.45, 2.75) is 12.8 Å². The van der Waals surface area contributed by atoms with Crippen molar-refractivity contribution in [3.63, 3.8) is 0 Å². The summed E-state index contributed by atoms with van der Waals surface area (Å²) in [6.45, 7) is 1.95. The van der Waals surface area contributed by atoms with Crippen molar-refractivity contribution < 1.29 is 14.6 Å². The lowest BCUT2D eigenvalue weighted by Gasteiger charge is -2.28. The van der Waals surface area contributed by atoms with E-state index < -0.39 is 5.92 Å². The number of benzene rings is 2. The van der Waals surface area contributed by atoms with Gasteiger partial charge in [0.05, 0.1) is 24.3 Å². The largest absolute Gasteiger partial charge is 0.504 e. The molecule has 2 aromatic rings. The van der Waals surface area contributed by atoms with E-state index in [2.05, 4.69) is 0 Å². The van der Waals surface area contributed by atoms with E-state index in [9.17, 15) is 10.4 Å². The Labute approximate surface area is 162 Å². The quantitative estimate of drug-likeness (QED) is 0.605. The van der Waals surface area contributed by atoms with Crippen molar-refractivity contribution in [1.29, 1.82) is 10.7 Å². The first-order valence-electron chi connectivity index (χ1n) is 8.47. The van der Waals surface area contributed by atoms with E-state index in [1.54, 1.807) is 24.3 Å². The molecule has 142 valence electrons. The van der Waals surface area contributed by atoms with Crippen LogP contribution < -0.4 is 16.2 Å². The number of aromatic hydroxyl groups is 1. The Morgan fingerprint density at radius 1 is 1.18 bits per heavy atom. The number of phenolic OH excluding ortho intramolecular Hbond substituents is 1. The SMILES string of the molecule is COc1ccc(C2C(C#N)=C(N)OC(N)=C2C(=N)c2ccc(C)cc2)cc1O. The number of ether oxygens (including phenoxy) is 2. The summed E-state index contributed by atoms with van der Waals surface area (Å²) in [7, 11) is 1.44. The lowest BCUT2D eigenvalue weighted by atomic mass is 9.80. The summed E-state index contributed by atoms with van der Waals surface area (Å²) in [5.74, 6) is -0.743. The molecule has 0 saturated heterocycles. The number of rotatable bonds is 4. The molecule has 0 bridgehead atoms. The second kappa shape index (κ2) is 7.37. The van der Waals surface area contributed by atoms with Gasteiger partial charge in [-0.2, -0.15) is 5.26 Å². The molecule has 7 nitrogen and oxygen atoms in total. The van der Waals surface area contributed by atoms with Gasteiger partial charge in [0, 0.05) is 0 Å². The van der Waals surface area contributed by atoms with E-state index in [4.69, 9.17) is 26.4 Å². The average molecular weight is 376 g/mol. The van der Waals surface area contributed by atoms with Gasteiger partial charge in [0.1, 0.15) is 11.6 Å². The molecule has 7 heteroatoms. The first kappa shape index (κ1) is 18.9. The minimum Gasteiger partial charge on any atom is -0.504 e. The van der Waals surface area contributed by atoms with Gasteiger partial charge in [-0.05, 0) is 30.2 Å². The highest BCUT2D eigenvalue weighted by Gasteiger charge is 2.35. The molecule has 28 heavy (non-hydrogen) atoms. The summed E-state index contributed by atoms with van der Waals surface area (Å²) >= 11 is 0. The smallest absolute Gasteiger partial charge is 0.207 e. The van der Waals surface area contributed by atoms with Gasteiger partial charge < -0.3 is 26.0 Å². The maximum Gasteiger partial charge on any atom is 0.207 e. The van der Waals surface area contributed by atoms with E-state index in [0.717, 1.165) is 5.56 Å². The van der Waals surface area contributed by atoms with Crippen LogP contribution in [-0.4, -0.2) is 17.9 Å². The average Bonchev–Trinajstić information content (AvgIpc) is 2.67. The molecule has 0 amide bonds. The Balaban J connectivity index is 2.17. The monoisotopic (exact) mass is 376 g/mol. The number of nitrogens with zero attached hydrogens (tertiary/aromatic N) is 1. The Morgan fingerprint density at radius 3 is 2.43 bits per heavy atom. The summed E-state index contributed by atoms with van der Waals surface area (Å²) in [5.41, 5.74) is 14.7. The number of phenols is 1. The Hall–Kier alpha value is -3.92. The zero-order chi connectivity index (χ0) is 20.4. The van der Waals surface area contributed by atoms with E-state index in [1.807, 2.05) is 25.1 Å². The van der Waals surface area contributed by atoms with Crippen LogP contribution in [0.15, 0.2) is 65.4 Å². The molecule has 0 radical (unpaired) electrons. The van der Waals surface area contributed by atoms with Gasteiger partial charge in [-0.15, -0.1) is 0 Å². The first-order valence-corrected chi connectivity index (χ1v) is 8.47. The summed E-state index contributed by atoms with van der Waals surface area (Å²) < 4.78 is 10.4. The minimum atomic E-state index is -0.760. The molecule has 1 aliphatic rings. The molecule has 1 atom stereocenters. The third kappa shape index (κ3) is 3.23. The van der Waals surface area contributed by atoms with Crippen LogP contribution >= 0.6 is 0 Å². The first-order chi connectivity index (χ1) is 13.4. The third-order valence-electron chi connectivity index (χ3n) is 4.59. The van der Waals surface area contributed by atoms with Crippen LogP contribution in [0.1, 0.15) is 22.6 Å². The van der Waals surface area contributed by atoms with Gasteiger partial charge in [-0.3, -0.25) is 5.41 Å². The van der Waals surface area contributed by atoms with Gasteiger partial charge in [0.15, 0.2) is 17.4 Å². The Bertz CT molecular complexity index is 1050. The summed E-state index contributed by atoms with van der Waals surface area (Å²) in [6, 6.07) is 14.1. The summed E-state index contributed by atoms with van der Waals surface area (Å²) in [4.78, 5) is 0. The molecule has 2 aromatic carbocycles. The van der Waals surface area contributed by atoms with Crippen molar-refractivity contribution in [3.05, 3.63) is 82.1 Å². The number of nitriles is 1. The van der Waals surface area contributed by atoms with Crippen LogP contribution in [0.25, 0.3) is 0 Å². The van der Waals surface area contributed by atoms with Crippen LogP contribution in [0.5, 0.6) is 11.5 Å². The number of methoxy groups -OCH3 is 1. The van der Waals surface area contributed by atoms with Crippen molar-refractivity contribution in [2.24, 2.45) is 11.5 Å². The number of nitrogens with one attached hydrogen (secondary N) is 1. The zero-order valence-corrected chi connectivity index (χ0v) is 15.5. The molecular formula is C21H20N4O3. The minimum absolute atomic E-state index is 0.0533. The van der Waals surface area contributed by atoms with Crippen molar-refractivity contribution in [1.82, 2.24) is 0 Å². The molecule has 0 saturated carbocycles. The predicted molar refractivity (Wildman–Crippen MR) is 105 cm³/mol. The number of hydrogen-bond donors (Lipinski definition) is 4. The van der Waals surface area contributed by atoms with Crippen LogP contribution in [0.4, 0.5) is 0 Å². The standard InChI is InChI=1S/C21H20N4O3/c1-11-3-5-12(6-4-11)19(23)18-17(14(10-22)20(24)28-21(18)25)13-7-8-16(27-2)15(26)9-13/h3-9,17,23,26H,24-25H2,1-2H3. The molecule has 1 aliphatic heterocycles. The van der Waals surface area contributed by atoms with Gasteiger partial charge in [-0.1, -0.05) is 35.9 Å². The molecular weight excluding hydrogens is 356 g/mol. The van der Waals surface area contributed by atoms with Crippen LogP contribution in [-0.2, 0) is 4.74 Å². The topological polar surface area (TPSA) is 138 Å². The van der Waals surface area contributed by atoms with Crippen LogP contribution in [0.3, 0.4) is 0 Å². The number of aryl methyl sites for hydroxylation is 1. The molecule has 0 spiro atoms. The normalized spacial score (nSPS) is 16.4. The molecule has 0 aliphatic carbocycles. The lowest BCUT2D eigenvalue weighted by Crippen LogP contribution is -2.28. The van der Waals surface area contributed by atoms with Crippen LogP contribution in [0.2, 0.25) is 0 Å². The molecule has 3 rings (SSSR count). The predicted octanol–water partition coefficient (Wildman–Crippen LogP) is 2.76. The van der Waals surface area contributed by atoms with Crippen molar-refractivity contribution in [2.75, 3.05) is 7.11 Å². The highest BCUT2D eigenvalue weighted by molar-refractivity contribution is 6.12. The van der Waals surface area contributed by atoms with E-state index >= 15 is 0 Å². The van der Waals surface area contributed by atoms with Crippen molar-refractivity contribution >= 4 is 5.71 Å². The van der Waals surface area contributed by atoms with Gasteiger partial charge in [0.25, 0.3) is 0 Å². The van der Waals surface area contributed by atoms with Gasteiger partial charge >= 0.3 is 0 Å². The zero-order valence-electron chi connectivity index (χ0n) is 15.5. The number of allylic oxidation sites excluding steroid dienone is 2. The highest BCUT2D eigenvalue weighted by atomic mass is 16.5. The van der Waals surface area contributed by atoms with Crippen molar-refractivity contribution in [3.8, 4) is 17.6 Å². The molecule has 6 N–H and O–H groups in total. The highest BCUT2D eigenvalue weighted by Crippen LogP contribution is 2.41. The van der Waals surface area contributed by atoms with Crippen LogP contribution in [0, 0.1) is 23.7 Å². The van der Waals surface area contributed by atoms with E-state index in [1.165, 1.54) is 13.2 Å². The fourth-order valence-corrected chi connectivity index (χ4v) is 3.14. The lowest BCUT2D eigenvalue weighted by molar-refractivity contribution is 0.277. The molecule has 0 fully saturated rings.